The zero-order valence-corrected chi connectivity index (χ0v) is 16.3. The fourth-order valence-corrected chi connectivity index (χ4v) is 3.80. The van der Waals surface area contributed by atoms with Crippen molar-refractivity contribution in [2.45, 2.75) is 38.8 Å². The summed E-state index contributed by atoms with van der Waals surface area (Å²) < 4.78 is 0. The second kappa shape index (κ2) is 8.92. The molecule has 4 nitrogen and oxygen atoms in total. The first kappa shape index (κ1) is 19.3. The van der Waals surface area contributed by atoms with Crippen molar-refractivity contribution in [3.05, 3.63) is 64.7 Å². The standard InChI is InChI=1S/C22H24ClN3O/c1-2-6-22(27)25-12-11-20(16-25)26(15-17-7-4-3-5-8-17)19-10-9-18(14-24)21(23)13-19/h3-5,7-10,13,20H,2,6,11-12,15-16H2,1H3/t20-/m0/s1. The number of hydrogen-bond donors (Lipinski definition) is 0. The summed E-state index contributed by atoms with van der Waals surface area (Å²) in [5.74, 6) is 0.234. The quantitative estimate of drug-likeness (QED) is 0.733. The van der Waals surface area contributed by atoms with Crippen LogP contribution < -0.4 is 4.90 Å². The Balaban J connectivity index is 1.86. The number of anilines is 1. The van der Waals surface area contributed by atoms with Gasteiger partial charge in [0, 0.05) is 37.8 Å². The first-order chi connectivity index (χ1) is 13.1. The average Bonchev–Trinajstić information content (AvgIpc) is 3.17. The second-order valence-electron chi connectivity index (χ2n) is 6.92. The summed E-state index contributed by atoms with van der Waals surface area (Å²) in [6.45, 7) is 4.29. The Morgan fingerprint density at radius 3 is 2.74 bits per heavy atom. The van der Waals surface area contributed by atoms with Crippen molar-refractivity contribution in [1.82, 2.24) is 4.90 Å². The minimum atomic E-state index is 0.231. The molecule has 3 rings (SSSR count). The lowest BCUT2D eigenvalue weighted by atomic mass is 10.1. The van der Waals surface area contributed by atoms with Crippen molar-refractivity contribution < 1.29 is 4.79 Å². The third-order valence-electron chi connectivity index (χ3n) is 5.02. The molecule has 0 unspecified atom stereocenters. The topological polar surface area (TPSA) is 47.3 Å². The molecule has 0 radical (unpaired) electrons. The number of amides is 1. The fourth-order valence-electron chi connectivity index (χ4n) is 3.58. The highest BCUT2D eigenvalue weighted by Gasteiger charge is 2.30. The van der Waals surface area contributed by atoms with E-state index in [1.165, 1.54) is 5.56 Å². The Kier molecular flexibility index (Phi) is 6.36. The van der Waals surface area contributed by atoms with Crippen LogP contribution in [-0.4, -0.2) is 29.9 Å². The van der Waals surface area contributed by atoms with Crippen LogP contribution in [0.4, 0.5) is 5.69 Å². The molecular weight excluding hydrogens is 358 g/mol. The molecule has 1 fully saturated rings. The molecule has 1 aliphatic rings. The Labute approximate surface area is 166 Å². The molecule has 1 aliphatic heterocycles. The van der Waals surface area contributed by atoms with Crippen LogP contribution in [0.2, 0.25) is 5.02 Å². The third kappa shape index (κ3) is 4.61. The van der Waals surface area contributed by atoms with E-state index in [1.807, 2.05) is 42.2 Å². The number of likely N-dealkylation sites (tertiary alicyclic amines) is 1. The maximum atomic E-state index is 12.3. The Morgan fingerprint density at radius 2 is 2.07 bits per heavy atom. The van der Waals surface area contributed by atoms with Gasteiger partial charge in [-0.2, -0.15) is 5.26 Å². The summed E-state index contributed by atoms with van der Waals surface area (Å²) in [6.07, 6.45) is 2.41. The van der Waals surface area contributed by atoms with E-state index < -0.39 is 0 Å². The van der Waals surface area contributed by atoms with Gasteiger partial charge in [0.2, 0.25) is 5.91 Å². The minimum Gasteiger partial charge on any atom is -0.362 e. The number of benzene rings is 2. The molecular formula is C22H24ClN3O. The molecule has 0 saturated carbocycles. The Morgan fingerprint density at radius 1 is 1.30 bits per heavy atom. The molecule has 1 atom stereocenters. The molecule has 0 spiro atoms. The van der Waals surface area contributed by atoms with Gasteiger partial charge in [0.25, 0.3) is 0 Å². The molecule has 2 aromatic carbocycles. The van der Waals surface area contributed by atoms with Crippen LogP contribution in [0, 0.1) is 11.3 Å². The van der Waals surface area contributed by atoms with Gasteiger partial charge < -0.3 is 9.80 Å². The van der Waals surface area contributed by atoms with Crippen LogP contribution in [0.5, 0.6) is 0 Å². The van der Waals surface area contributed by atoms with Gasteiger partial charge in [-0.1, -0.05) is 48.9 Å². The summed E-state index contributed by atoms with van der Waals surface area (Å²) in [7, 11) is 0. The van der Waals surface area contributed by atoms with E-state index in [1.54, 1.807) is 6.07 Å². The largest absolute Gasteiger partial charge is 0.362 e. The molecule has 27 heavy (non-hydrogen) atoms. The highest BCUT2D eigenvalue weighted by atomic mass is 35.5. The molecule has 1 amide bonds. The molecule has 0 aromatic heterocycles. The molecule has 0 N–H and O–H groups in total. The van der Waals surface area contributed by atoms with E-state index in [0.29, 0.717) is 17.0 Å². The Bertz CT molecular complexity index is 831. The molecule has 1 heterocycles. The van der Waals surface area contributed by atoms with Gasteiger partial charge in [-0.25, -0.2) is 0 Å². The average molecular weight is 382 g/mol. The summed E-state index contributed by atoms with van der Waals surface area (Å²) in [5.41, 5.74) is 2.67. The van der Waals surface area contributed by atoms with Crippen LogP contribution in [0.25, 0.3) is 0 Å². The smallest absolute Gasteiger partial charge is 0.222 e. The van der Waals surface area contributed by atoms with Crippen LogP contribution in [0.1, 0.15) is 37.3 Å². The predicted octanol–water partition coefficient (Wildman–Crippen LogP) is 4.62. The minimum absolute atomic E-state index is 0.231. The summed E-state index contributed by atoms with van der Waals surface area (Å²) in [4.78, 5) is 16.6. The van der Waals surface area contributed by atoms with Crippen LogP contribution >= 0.6 is 11.6 Å². The monoisotopic (exact) mass is 381 g/mol. The summed E-state index contributed by atoms with van der Waals surface area (Å²) in [5, 5.41) is 9.61. The molecule has 0 bridgehead atoms. The lowest BCUT2D eigenvalue weighted by Gasteiger charge is -2.32. The van der Waals surface area contributed by atoms with Crippen molar-refractivity contribution in [3.8, 4) is 6.07 Å². The molecule has 1 saturated heterocycles. The predicted molar refractivity (Wildman–Crippen MR) is 109 cm³/mol. The van der Waals surface area contributed by atoms with Gasteiger partial charge in [0.1, 0.15) is 6.07 Å². The van der Waals surface area contributed by atoms with Gasteiger partial charge in [0.05, 0.1) is 10.6 Å². The van der Waals surface area contributed by atoms with Crippen molar-refractivity contribution >= 4 is 23.2 Å². The number of nitriles is 1. The molecule has 2 aromatic rings. The zero-order valence-electron chi connectivity index (χ0n) is 15.6. The maximum Gasteiger partial charge on any atom is 0.222 e. The number of hydrogen-bond acceptors (Lipinski definition) is 3. The summed E-state index contributed by atoms with van der Waals surface area (Å²) in [6, 6.07) is 18.2. The Hall–Kier alpha value is -2.51. The molecule has 140 valence electrons. The number of rotatable bonds is 6. The number of carbonyl (C=O) groups is 1. The third-order valence-corrected chi connectivity index (χ3v) is 5.33. The highest BCUT2D eigenvalue weighted by Crippen LogP contribution is 2.29. The number of carbonyl (C=O) groups excluding carboxylic acids is 1. The van der Waals surface area contributed by atoms with Crippen molar-refractivity contribution in [3.63, 3.8) is 0 Å². The first-order valence-corrected chi connectivity index (χ1v) is 9.78. The van der Waals surface area contributed by atoms with Crippen molar-refractivity contribution in [2.24, 2.45) is 0 Å². The second-order valence-corrected chi connectivity index (χ2v) is 7.33. The lowest BCUT2D eigenvalue weighted by Crippen LogP contribution is -2.38. The molecule has 0 aliphatic carbocycles. The van der Waals surface area contributed by atoms with E-state index in [4.69, 9.17) is 16.9 Å². The zero-order chi connectivity index (χ0) is 19.2. The first-order valence-electron chi connectivity index (χ1n) is 9.40. The normalized spacial score (nSPS) is 16.2. The fraction of sp³-hybridized carbons (Fsp3) is 0.364. The van der Waals surface area contributed by atoms with Gasteiger partial charge in [-0.05, 0) is 36.6 Å². The van der Waals surface area contributed by atoms with Crippen LogP contribution in [-0.2, 0) is 11.3 Å². The lowest BCUT2D eigenvalue weighted by molar-refractivity contribution is -0.130. The van der Waals surface area contributed by atoms with Gasteiger partial charge in [-0.3, -0.25) is 4.79 Å². The van der Waals surface area contributed by atoms with Gasteiger partial charge in [0.15, 0.2) is 0 Å². The van der Waals surface area contributed by atoms with Crippen molar-refractivity contribution in [1.29, 1.82) is 5.26 Å². The van der Waals surface area contributed by atoms with Crippen LogP contribution in [0.3, 0.4) is 0 Å². The van der Waals surface area contributed by atoms with E-state index in [-0.39, 0.29) is 11.9 Å². The summed E-state index contributed by atoms with van der Waals surface area (Å²) >= 11 is 6.29. The van der Waals surface area contributed by atoms with Crippen LogP contribution in [0.15, 0.2) is 48.5 Å². The van der Waals surface area contributed by atoms with E-state index in [9.17, 15) is 4.79 Å². The van der Waals surface area contributed by atoms with Crippen molar-refractivity contribution in [2.75, 3.05) is 18.0 Å². The number of halogens is 1. The van der Waals surface area contributed by atoms with E-state index in [0.717, 1.165) is 38.2 Å². The molecule has 5 heteroatoms. The van der Waals surface area contributed by atoms with Gasteiger partial charge >= 0.3 is 0 Å². The maximum absolute atomic E-state index is 12.3. The van der Waals surface area contributed by atoms with E-state index in [2.05, 4.69) is 23.1 Å². The van der Waals surface area contributed by atoms with E-state index >= 15 is 0 Å². The van der Waals surface area contributed by atoms with Gasteiger partial charge in [-0.15, -0.1) is 0 Å². The SMILES string of the molecule is CCCC(=O)N1CC[C@H](N(Cc2ccccc2)c2ccc(C#N)c(Cl)c2)C1. The highest BCUT2D eigenvalue weighted by molar-refractivity contribution is 6.32. The number of nitrogens with zero attached hydrogens (tertiary/aromatic N) is 3.